The fourth-order valence-electron chi connectivity index (χ4n) is 3.17. The molecule has 1 N–H and O–H groups in total. The Morgan fingerprint density at radius 2 is 2.09 bits per heavy atom. The van der Waals surface area contributed by atoms with Gasteiger partial charge in [0.05, 0.1) is 11.5 Å². The zero-order valence-corrected chi connectivity index (χ0v) is 13.6. The minimum atomic E-state index is -0.978. The molecule has 3 nitrogen and oxygen atoms in total. The first kappa shape index (κ1) is 15.8. The van der Waals surface area contributed by atoms with Gasteiger partial charge in [0.25, 0.3) is 0 Å². The number of benzene rings is 1. The second kappa shape index (κ2) is 6.17. The summed E-state index contributed by atoms with van der Waals surface area (Å²) in [4.78, 5) is 14.5. The fourth-order valence-corrected chi connectivity index (χ4v) is 3.29. The number of alkyl halides is 1. The van der Waals surface area contributed by atoms with Gasteiger partial charge in [-0.3, -0.25) is 4.79 Å². The second-order valence-electron chi connectivity index (χ2n) is 6.73. The van der Waals surface area contributed by atoms with Crippen LogP contribution in [-0.4, -0.2) is 43.2 Å². The van der Waals surface area contributed by atoms with Crippen LogP contribution in [0, 0.1) is 5.41 Å². The first-order valence-electron chi connectivity index (χ1n) is 7.87. The van der Waals surface area contributed by atoms with Crippen LogP contribution in [0.25, 0.3) is 0 Å². The van der Waals surface area contributed by atoms with Gasteiger partial charge in [0.15, 0.2) is 0 Å². The normalized spacial score (nSPS) is 27.4. The molecule has 0 aromatic heterocycles. The van der Waals surface area contributed by atoms with E-state index in [0.717, 1.165) is 24.9 Å². The Morgan fingerprint density at radius 1 is 1.41 bits per heavy atom. The molecule has 2 fully saturated rings. The largest absolute Gasteiger partial charge is 0.350 e. The average molecular weight is 325 g/mol. The standard InChI is InChI=1S/C17H22ClFN2O/c1-21-9-6-15(14(19)11-21)20-16(22)17(7-8-17)10-12-2-4-13(18)5-3-12/h2-5,14-15H,6-11H2,1H3,(H,20,22)/t14-,15-/m0/s1. The summed E-state index contributed by atoms with van der Waals surface area (Å²) in [6.45, 7) is 1.23. The quantitative estimate of drug-likeness (QED) is 0.923. The fraction of sp³-hybridized carbons (Fsp3) is 0.588. The number of carbonyl (C=O) groups excluding carboxylic acids is 1. The van der Waals surface area contributed by atoms with Gasteiger partial charge in [-0.25, -0.2) is 4.39 Å². The molecule has 22 heavy (non-hydrogen) atoms. The van der Waals surface area contributed by atoms with Gasteiger partial charge in [-0.1, -0.05) is 23.7 Å². The van der Waals surface area contributed by atoms with Crippen molar-refractivity contribution in [3.05, 3.63) is 34.9 Å². The van der Waals surface area contributed by atoms with Crippen LogP contribution in [0.1, 0.15) is 24.8 Å². The Balaban J connectivity index is 1.60. The third-order valence-electron chi connectivity index (χ3n) is 4.85. The summed E-state index contributed by atoms with van der Waals surface area (Å²) in [7, 11) is 1.91. The Bertz CT molecular complexity index is 544. The maximum absolute atomic E-state index is 14.1. The molecule has 2 aliphatic rings. The van der Waals surface area contributed by atoms with Crippen LogP contribution in [-0.2, 0) is 11.2 Å². The number of carbonyl (C=O) groups is 1. The van der Waals surface area contributed by atoms with Crippen molar-refractivity contribution in [2.75, 3.05) is 20.1 Å². The topological polar surface area (TPSA) is 32.3 Å². The summed E-state index contributed by atoms with van der Waals surface area (Å²) < 4.78 is 14.1. The van der Waals surface area contributed by atoms with Crippen molar-refractivity contribution in [1.82, 2.24) is 10.2 Å². The number of hydrogen-bond donors (Lipinski definition) is 1. The summed E-state index contributed by atoms with van der Waals surface area (Å²) in [5, 5.41) is 3.66. The number of nitrogens with one attached hydrogen (secondary N) is 1. The number of amides is 1. The molecule has 0 bridgehead atoms. The second-order valence-corrected chi connectivity index (χ2v) is 7.17. The molecule has 2 atom stereocenters. The summed E-state index contributed by atoms with van der Waals surface area (Å²) in [6.07, 6.45) is 2.17. The molecular formula is C17H22ClFN2O. The van der Waals surface area contributed by atoms with E-state index in [1.54, 1.807) is 0 Å². The Kier molecular flexibility index (Phi) is 4.42. The van der Waals surface area contributed by atoms with Gasteiger partial charge in [-0.2, -0.15) is 0 Å². The van der Waals surface area contributed by atoms with Crippen LogP contribution in [0.5, 0.6) is 0 Å². The first-order chi connectivity index (χ1) is 10.5. The van der Waals surface area contributed by atoms with Crippen molar-refractivity contribution in [2.24, 2.45) is 5.41 Å². The number of likely N-dealkylation sites (tertiary alicyclic amines) is 1. The van der Waals surface area contributed by atoms with Crippen LogP contribution < -0.4 is 5.32 Å². The number of halogens is 2. The highest BCUT2D eigenvalue weighted by molar-refractivity contribution is 6.30. The monoisotopic (exact) mass is 324 g/mol. The van der Waals surface area contributed by atoms with E-state index in [1.165, 1.54) is 0 Å². The highest BCUT2D eigenvalue weighted by Gasteiger charge is 2.50. The lowest BCUT2D eigenvalue weighted by molar-refractivity contribution is -0.128. The molecule has 1 aliphatic carbocycles. The Morgan fingerprint density at radius 3 is 2.68 bits per heavy atom. The molecule has 0 unspecified atom stereocenters. The molecular weight excluding hydrogens is 303 g/mol. The van der Waals surface area contributed by atoms with Gasteiger partial charge in [0.1, 0.15) is 6.17 Å². The van der Waals surface area contributed by atoms with Crippen molar-refractivity contribution in [1.29, 1.82) is 0 Å². The lowest BCUT2D eigenvalue weighted by Crippen LogP contribution is -2.53. The van der Waals surface area contributed by atoms with E-state index in [1.807, 2.05) is 36.2 Å². The van der Waals surface area contributed by atoms with Crippen molar-refractivity contribution >= 4 is 17.5 Å². The molecule has 0 spiro atoms. The third kappa shape index (κ3) is 3.44. The smallest absolute Gasteiger partial charge is 0.226 e. The zero-order valence-electron chi connectivity index (χ0n) is 12.8. The van der Waals surface area contributed by atoms with E-state index in [4.69, 9.17) is 11.6 Å². The van der Waals surface area contributed by atoms with Crippen molar-refractivity contribution in [3.63, 3.8) is 0 Å². The maximum Gasteiger partial charge on any atom is 0.226 e. The molecule has 1 aromatic carbocycles. The van der Waals surface area contributed by atoms with Gasteiger partial charge in [-0.15, -0.1) is 0 Å². The molecule has 120 valence electrons. The predicted octanol–water partition coefficient (Wildman–Crippen LogP) is 2.82. The maximum atomic E-state index is 14.1. The Hall–Kier alpha value is -1.13. The molecule has 3 rings (SSSR count). The minimum Gasteiger partial charge on any atom is -0.350 e. The summed E-state index contributed by atoms with van der Waals surface area (Å²) in [6, 6.07) is 7.28. The molecule has 0 radical (unpaired) electrons. The molecule has 1 heterocycles. The van der Waals surface area contributed by atoms with Gasteiger partial charge in [0.2, 0.25) is 5.91 Å². The zero-order chi connectivity index (χ0) is 15.7. The molecule has 5 heteroatoms. The molecule has 1 aromatic rings. The Labute approximate surface area is 135 Å². The average Bonchev–Trinajstić information content (AvgIpc) is 3.25. The van der Waals surface area contributed by atoms with Crippen LogP contribution in [0.3, 0.4) is 0 Å². The van der Waals surface area contributed by atoms with E-state index >= 15 is 0 Å². The summed E-state index contributed by atoms with van der Waals surface area (Å²) in [5.74, 6) is 0.0136. The predicted molar refractivity (Wildman–Crippen MR) is 85.8 cm³/mol. The van der Waals surface area contributed by atoms with E-state index in [-0.39, 0.29) is 17.4 Å². The van der Waals surface area contributed by atoms with Crippen LogP contribution in [0.15, 0.2) is 24.3 Å². The highest BCUT2D eigenvalue weighted by Crippen LogP contribution is 2.48. The van der Waals surface area contributed by atoms with Gasteiger partial charge < -0.3 is 10.2 Å². The van der Waals surface area contributed by atoms with Crippen LogP contribution in [0.4, 0.5) is 4.39 Å². The molecule has 1 aliphatic heterocycles. The SMILES string of the molecule is CN1CC[C@H](NC(=O)C2(Cc3ccc(Cl)cc3)CC2)[C@@H](F)C1. The molecule has 1 saturated heterocycles. The summed E-state index contributed by atoms with van der Waals surface area (Å²) in [5.41, 5.74) is 0.772. The van der Waals surface area contributed by atoms with E-state index in [9.17, 15) is 9.18 Å². The van der Waals surface area contributed by atoms with E-state index in [0.29, 0.717) is 24.4 Å². The molecule has 1 amide bonds. The number of nitrogens with zero attached hydrogens (tertiary/aromatic N) is 1. The minimum absolute atomic E-state index is 0.0136. The lowest BCUT2D eigenvalue weighted by atomic mass is 9.94. The van der Waals surface area contributed by atoms with Gasteiger partial charge >= 0.3 is 0 Å². The van der Waals surface area contributed by atoms with Crippen molar-refractivity contribution < 1.29 is 9.18 Å². The van der Waals surface area contributed by atoms with Gasteiger partial charge in [-0.05, 0) is 50.4 Å². The van der Waals surface area contributed by atoms with Crippen LogP contribution in [0.2, 0.25) is 5.02 Å². The van der Waals surface area contributed by atoms with Gasteiger partial charge in [0, 0.05) is 18.1 Å². The summed E-state index contributed by atoms with van der Waals surface area (Å²) >= 11 is 5.89. The first-order valence-corrected chi connectivity index (χ1v) is 8.24. The number of hydrogen-bond acceptors (Lipinski definition) is 2. The lowest BCUT2D eigenvalue weighted by Gasteiger charge is -2.33. The number of rotatable bonds is 4. The van der Waals surface area contributed by atoms with Crippen molar-refractivity contribution in [3.8, 4) is 0 Å². The van der Waals surface area contributed by atoms with E-state index in [2.05, 4.69) is 5.32 Å². The van der Waals surface area contributed by atoms with Crippen LogP contribution >= 0.6 is 11.6 Å². The highest BCUT2D eigenvalue weighted by atomic mass is 35.5. The third-order valence-corrected chi connectivity index (χ3v) is 5.10. The molecule has 1 saturated carbocycles. The van der Waals surface area contributed by atoms with E-state index < -0.39 is 6.17 Å². The van der Waals surface area contributed by atoms with Crippen molar-refractivity contribution in [2.45, 2.75) is 37.9 Å². The number of piperidine rings is 1.